The molecule has 0 spiro atoms. The van der Waals surface area contributed by atoms with E-state index in [1.807, 2.05) is 11.5 Å². The molecule has 156 valence electrons. The summed E-state index contributed by atoms with van der Waals surface area (Å²) in [6.07, 6.45) is 3.03. The van der Waals surface area contributed by atoms with Crippen molar-refractivity contribution in [2.75, 3.05) is 5.75 Å². The molecule has 1 heterocycles. The van der Waals surface area contributed by atoms with Crippen molar-refractivity contribution >= 4 is 17.7 Å². The molecule has 1 amide bonds. The molecular formula is C23H25FN4OS. The molecule has 4 rings (SSSR count). The van der Waals surface area contributed by atoms with Gasteiger partial charge in [-0.2, -0.15) is 0 Å². The molecule has 0 saturated heterocycles. The van der Waals surface area contributed by atoms with Crippen molar-refractivity contribution in [3.63, 3.8) is 0 Å². The van der Waals surface area contributed by atoms with Gasteiger partial charge in [0, 0.05) is 6.04 Å². The minimum absolute atomic E-state index is 0.0649. The number of nitrogens with zero attached hydrogens (tertiary/aromatic N) is 3. The van der Waals surface area contributed by atoms with Crippen LogP contribution in [0.4, 0.5) is 4.39 Å². The zero-order chi connectivity index (χ0) is 21.1. The molecule has 1 aliphatic rings. The van der Waals surface area contributed by atoms with Gasteiger partial charge in [-0.25, -0.2) is 4.39 Å². The third-order valence-electron chi connectivity index (χ3n) is 5.29. The summed E-state index contributed by atoms with van der Waals surface area (Å²) in [6.45, 7) is 4.10. The molecule has 1 saturated carbocycles. The normalized spacial score (nSPS) is 14.5. The first-order chi connectivity index (χ1) is 14.6. The highest BCUT2D eigenvalue weighted by atomic mass is 32.2. The first-order valence-electron chi connectivity index (χ1n) is 10.3. The van der Waals surface area contributed by atoms with Gasteiger partial charge in [0.15, 0.2) is 11.0 Å². The van der Waals surface area contributed by atoms with Gasteiger partial charge in [-0.15, -0.1) is 10.2 Å². The Bertz CT molecular complexity index is 1030. The molecule has 1 fully saturated rings. The highest BCUT2D eigenvalue weighted by Crippen LogP contribution is 2.41. The van der Waals surface area contributed by atoms with Gasteiger partial charge < -0.3 is 5.32 Å². The number of rotatable bonds is 8. The Morgan fingerprint density at radius 1 is 1.20 bits per heavy atom. The molecule has 0 radical (unpaired) electrons. The molecule has 0 unspecified atom stereocenters. The zero-order valence-corrected chi connectivity index (χ0v) is 18.0. The van der Waals surface area contributed by atoms with Gasteiger partial charge >= 0.3 is 0 Å². The second kappa shape index (κ2) is 9.00. The highest BCUT2D eigenvalue weighted by Gasteiger charge is 2.31. The van der Waals surface area contributed by atoms with Crippen LogP contribution in [-0.4, -0.2) is 26.4 Å². The van der Waals surface area contributed by atoms with Gasteiger partial charge in [-0.3, -0.25) is 9.36 Å². The van der Waals surface area contributed by atoms with Crippen LogP contribution in [0.15, 0.2) is 53.7 Å². The lowest BCUT2D eigenvalue weighted by molar-refractivity contribution is -0.119. The lowest BCUT2D eigenvalue weighted by atomic mass is 10.1. The second-order valence-electron chi connectivity index (χ2n) is 7.56. The number of amides is 1. The van der Waals surface area contributed by atoms with E-state index in [1.54, 1.807) is 18.2 Å². The third-order valence-corrected chi connectivity index (χ3v) is 6.23. The Hall–Kier alpha value is -2.67. The van der Waals surface area contributed by atoms with E-state index in [2.05, 4.69) is 46.7 Å². The summed E-state index contributed by atoms with van der Waals surface area (Å²) >= 11 is 1.34. The molecule has 5 nitrogen and oxygen atoms in total. The summed E-state index contributed by atoms with van der Waals surface area (Å²) in [7, 11) is 0. The van der Waals surface area contributed by atoms with Crippen LogP contribution in [0.3, 0.4) is 0 Å². The number of hydrogen-bond donors (Lipinski definition) is 1. The van der Waals surface area contributed by atoms with Gasteiger partial charge in [0.2, 0.25) is 5.91 Å². The molecule has 1 aromatic heterocycles. The maximum absolute atomic E-state index is 14.3. The number of aromatic nitrogens is 3. The monoisotopic (exact) mass is 424 g/mol. The van der Waals surface area contributed by atoms with Crippen LogP contribution in [0.5, 0.6) is 0 Å². The number of benzene rings is 2. The molecule has 0 bridgehead atoms. The summed E-state index contributed by atoms with van der Waals surface area (Å²) in [5.74, 6) is 0.385. The first kappa shape index (κ1) is 20.6. The fourth-order valence-electron chi connectivity index (χ4n) is 3.40. The lowest BCUT2D eigenvalue weighted by Crippen LogP contribution is -2.28. The van der Waals surface area contributed by atoms with Crippen LogP contribution >= 0.6 is 11.8 Å². The molecule has 2 aromatic carbocycles. The van der Waals surface area contributed by atoms with Crippen LogP contribution < -0.4 is 5.32 Å². The molecular weight excluding hydrogens is 399 g/mol. The Labute approximate surface area is 180 Å². The minimum atomic E-state index is -0.316. The summed E-state index contributed by atoms with van der Waals surface area (Å²) in [4.78, 5) is 12.5. The fourth-order valence-corrected chi connectivity index (χ4v) is 4.22. The highest BCUT2D eigenvalue weighted by molar-refractivity contribution is 7.99. The van der Waals surface area contributed by atoms with Crippen molar-refractivity contribution in [3.8, 4) is 11.4 Å². The zero-order valence-electron chi connectivity index (χ0n) is 17.1. The predicted molar refractivity (Wildman–Crippen MR) is 117 cm³/mol. The van der Waals surface area contributed by atoms with E-state index in [1.165, 1.54) is 23.4 Å². The maximum Gasteiger partial charge on any atom is 0.230 e. The van der Waals surface area contributed by atoms with Crippen molar-refractivity contribution in [1.29, 1.82) is 0 Å². The SMILES string of the molecule is CCc1ccc([C@@H](C)NC(=O)CSc2nnc(-c3ccccc3F)n2C2CC2)cc1. The summed E-state index contributed by atoms with van der Waals surface area (Å²) in [5, 5.41) is 12.2. The standard InChI is InChI=1S/C23H25FN4OS/c1-3-16-8-10-17(11-9-16)15(2)25-21(29)14-30-23-27-26-22(28(23)18-12-13-18)19-6-4-5-7-20(19)24/h4-11,15,18H,3,12-14H2,1-2H3,(H,25,29)/t15-/m1/s1. The van der Waals surface area contributed by atoms with Gasteiger partial charge in [-0.1, -0.05) is 55.1 Å². The number of hydrogen-bond acceptors (Lipinski definition) is 4. The van der Waals surface area contributed by atoms with Gasteiger partial charge in [0.1, 0.15) is 5.82 Å². The molecule has 30 heavy (non-hydrogen) atoms. The largest absolute Gasteiger partial charge is 0.349 e. The van der Waals surface area contributed by atoms with Gasteiger partial charge in [0.25, 0.3) is 0 Å². The minimum Gasteiger partial charge on any atom is -0.349 e. The smallest absolute Gasteiger partial charge is 0.230 e. The lowest BCUT2D eigenvalue weighted by Gasteiger charge is -2.15. The maximum atomic E-state index is 14.3. The third kappa shape index (κ3) is 4.56. The van der Waals surface area contributed by atoms with E-state index in [4.69, 9.17) is 0 Å². The number of thioether (sulfide) groups is 1. The molecule has 1 atom stereocenters. The second-order valence-corrected chi connectivity index (χ2v) is 8.50. The average Bonchev–Trinajstić information content (AvgIpc) is 3.52. The Morgan fingerprint density at radius 2 is 1.93 bits per heavy atom. The Kier molecular flexibility index (Phi) is 6.18. The predicted octanol–water partition coefficient (Wildman–Crippen LogP) is 4.95. The van der Waals surface area contributed by atoms with Crippen molar-refractivity contribution in [2.24, 2.45) is 0 Å². The topological polar surface area (TPSA) is 59.8 Å². The number of nitrogens with one attached hydrogen (secondary N) is 1. The van der Waals surface area contributed by atoms with Crippen LogP contribution in [0.2, 0.25) is 0 Å². The molecule has 1 N–H and O–H groups in total. The van der Waals surface area contributed by atoms with E-state index in [0.717, 1.165) is 24.8 Å². The first-order valence-corrected chi connectivity index (χ1v) is 11.3. The number of aryl methyl sites for hydroxylation is 1. The van der Waals surface area contributed by atoms with Crippen LogP contribution in [0, 0.1) is 5.82 Å². The van der Waals surface area contributed by atoms with Crippen LogP contribution in [0.25, 0.3) is 11.4 Å². The van der Waals surface area contributed by atoms with Gasteiger partial charge in [0.05, 0.1) is 17.4 Å². The quantitative estimate of drug-likeness (QED) is 0.520. The van der Waals surface area contributed by atoms with E-state index in [-0.39, 0.29) is 29.6 Å². The summed E-state index contributed by atoms with van der Waals surface area (Å²) in [6, 6.07) is 15.1. The molecule has 0 aliphatic heterocycles. The molecule has 7 heteroatoms. The average molecular weight is 425 g/mol. The fraction of sp³-hybridized carbons (Fsp3) is 0.348. The van der Waals surface area contributed by atoms with E-state index >= 15 is 0 Å². The molecule has 1 aliphatic carbocycles. The number of halogens is 1. The molecule has 3 aromatic rings. The van der Waals surface area contributed by atoms with Crippen LogP contribution in [-0.2, 0) is 11.2 Å². The van der Waals surface area contributed by atoms with Crippen molar-refractivity contribution < 1.29 is 9.18 Å². The Morgan fingerprint density at radius 3 is 2.60 bits per heavy atom. The van der Waals surface area contributed by atoms with Crippen molar-refractivity contribution in [2.45, 2.75) is 50.4 Å². The van der Waals surface area contributed by atoms with Gasteiger partial charge in [-0.05, 0) is 49.4 Å². The van der Waals surface area contributed by atoms with E-state index < -0.39 is 0 Å². The Balaban J connectivity index is 1.42. The van der Waals surface area contributed by atoms with E-state index in [0.29, 0.717) is 16.5 Å². The van der Waals surface area contributed by atoms with Crippen LogP contribution in [0.1, 0.15) is 49.9 Å². The van der Waals surface area contributed by atoms with Crippen molar-refractivity contribution in [3.05, 3.63) is 65.5 Å². The van der Waals surface area contributed by atoms with E-state index in [9.17, 15) is 9.18 Å². The summed E-state index contributed by atoms with van der Waals surface area (Å²) in [5.41, 5.74) is 2.80. The number of carbonyl (C=O) groups excluding carboxylic acids is 1. The number of carbonyl (C=O) groups is 1. The summed E-state index contributed by atoms with van der Waals surface area (Å²) < 4.78 is 16.2. The van der Waals surface area contributed by atoms with Crippen molar-refractivity contribution in [1.82, 2.24) is 20.1 Å².